The summed E-state index contributed by atoms with van der Waals surface area (Å²) < 4.78 is 0. The predicted octanol–water partition coefficient (Wildman–Crippen LogP) is 2.28. The number of benzene rings is 1. The van der Waals surface area contributed by atoms with Crippen molar-refractivity contribution < 1.29 is 9.59 Å². The van der Waals surface area contributed by atoms with E-state index in [0.717, 1.165) is 5.56 Å². The van der Waals surface area contributed by atoms with Gasteiger partial charge < -0.3 is 5.73 Å². The van der Waals surface area contributed by atoms with E-state index in [9.17, 15) is 9.59 Å². The van der Waals surface area contributed by atoms with Crippen molar-refractivity contribution in [2.45, 2.75) is 39.7 Å². The van der Waals surface area contributed by atoms with Crippen molar-refractivity contribution in [3.8, 4) is 0 Å². The van der Waals surface area contributed by atoms with Crippen LogP contribution < -0.4 is 5.73 Å². The second-order valence-corrected chi connectivity index (χ2v) is 6.63. The Bertz CT molecular complexity index is 555. The summed E-state index contributed by atoms with van der Waals surface area (Å²) in [6, 6.07) is 9.54. The fraction of sp³-hybridized carbons (Fsp3) is 0.529. The van der Waals surface area contributed by atoms with Gasteiger partial charge in [-0.1, -0.05) is 44.2 Å². The molecule has 2 rings (SSSR count). The fourth-order valence-electron chi connectivity index (χ4n) is 2.92. The van der Waals surface area contributed by atoms with Crippen LogP contribution in [0.2, 0.25) is 0 Å². The molecule has 2 unspecified atom stereocenters. The van der Waals surface area contributed by atoms with Gasteiger partial charge in [0.05, 0.1) is 11.0 Å². The largest absolute Gasteiger partial charge is 0.328 e. The summed E-state index contributed by atoms with van der Waals surface area (Å²) in [6.07, 6.45) is 0.256. The lowest BCUT2D eigenvalue weighted by Crippen LogP contribution is -2.53. The highest BCUT2D eigenvalue weighted by Gasteiger charge is 2.55. The van der Waals surface area contributed by atoms with Gasteiger partial charge in [0.25, 0.3) is 0 Å². The molecule has 1 aliphatic heterocycles. The van der Waals surface area contributed by atoms with Crippen LogP contribution in [0.5, 0.6) is 0 Å². The minimum absolute atomic E-state index is 0.108. The van der Waals surface area contributed by atoms with E-state index in [-0.39, 0.29) is 30.7 Å². The minimum Gasteiger partial charge on any atom is -0.328 e. The van der Waals surface area contributed by atoms with Crippen molar-refractivity contribution in [1.82, 2.24) is 4.90 Å². The highest BCUT2D eigenvalue weighted by Crippen LogP contribution is 2.44. The van der Waals surface area contributed by atoms with Crippen LogP contribution in [-0.2, 0) is 15.1 Å². The van der Waals surface area contributed by atoms with Crippen molar-refractivity contribution >= 4 is 11.8 Å². The summed E-state index contributed by atoms with van der Waals surface area (Å²) in [5.41, 5.74) is 5.43. The third-order valence-corrected chi connectivity index (χ3v) is 5.02. The number of nitrogens with zero attached hydrogens (tertiary/aromatic N) is 1. The fourth-order valence-corrected chi connectivity index (χ4v) is 2.92. The molecule has 1 aliphatic rings. The maximum absolute atomic E-state index is 12.9. The Morgan fingerprint density at radius 2 is 1.86 bits per heavy atom. The molecule has 1 heterocycles. The molecule has 0 spiro atoms. The third-order valence-electron chi connectivity index (χ3n) is 5.02. The molecule has 0 bridgehead atoms. The van der Waals surface area contributed by atoms with Gasteiger partial charge in [-0.3, -0.25) is 14.5 Å². The number of carbonyl (C=O) groups excluding carboxylic acids is 2. The first-order chi connectivity index (χ1) is 9.77. The van der Waals surface area contributed by atoms with E-state index in [4.69, 9.17) is 5.73 Å². The molecule has 0 aliphatic carbocycles. The van der Waals surface area contributed by atoms with E-state index in [1.165, 1.54) is 4.90 Å². The molecule has 2 amide bonds. The molecule has 4 heteroatoms. The standard InChI is InChI=1S/C17H24N2O2/c1-12(2)16(3)10-14(20)19(15(16)21)17(4,11-18)13-8-6-5-7-9-13/h5-9,12H,10-11,18H2,1-4H3. The van der Waals surface area contributed by atoms with Crippen molar-refractivity contribution in [1.29, 1.82) is 0 Å². The van der Waals surface area contributed by atoms with E-state index >= 15 is 0 Å². The average molecular weight is 288 g/mol. The number of likely N-dealkylation sites (tertiary alicyclic amines) is 1. The van der Waals surface area contributed by atoms with Crippen molar-refractivity contribution in [2.24, 2.45) is 17.1 Å². The van der Waals surface area contributed by atoms with Crippen LogP contribution in [0.4, 0.5) is 0 Å². The molecule has 1 saturated heterocycles. The number of hydrogen-bond acceptors (Lipinski definition) is 3. The molecule has 4 nitrogen and oxygen atoms in total. The first kappa shape index (κ1) is 15.7. The zero-order valence-electron chi connectivity index (χ0n) is 13.2. The lowest BCUT2D eigenvalue weighted by Gasteiger charge is -2.38. The summed E-state index contributed by atoms with van der Waals surface area (Å²) in [5, 5.41) is 0. The first-order valence-corrected chi connectivity index (χ1v) is 7.40. The van der Waals surface area contributed by atoms with Gasteiger partial charge in [-0.25, -0.2) is 0 Å². The Morgan fingerprint density at radius 3 is 2.29 bits per heavy atom. The Kier molecular flexibility index (Phi) is 3.93. The summed E-state index contributed by atoms with van der Waals surface area (Å²) in [5.74, 6) is -0.135. The zero-order chi connectivity index (χ0) is 15.8. The van der Waals surface area contributed by atoms with Gasteiger partial charge in [0, 0.05) is 13.0 Å². The topological polar surface area (TPSA) is 63.4 Å². The number of nitrogens with two attached hydrogens (primary N) is 1. The zero-order valence-corrected chi connectivity index (χ0v) is 13.2. The van der Waals surface area contributed by atoms with Crippen LogP contribution >= 0.6 is 0 Å². The van der Waals surface area contributed by atoms with Crippen LogP contribution in [0.15, 0.2) is 30.3 Å². The van der Waals surface area contributed by atoms with Gasteiger partial charge in [0.2, 0.25) is 11.8 Å². The Labute approximate surface area is 126 Å². The highest BCUT2D eigenvalue weighted by atomic mass is 16.2. The molecule has 1 aromatic carbocycles. The van der Waals surface area contributed by atoms with Crippen LogP contribution in [0.1, 0.15) is 39.7 Å². The van der Waals surface area contributed by atoms with Crippen LogP contribution in [0.3, 0.4) is 0 Å². The third kappa shape index (κ3) is 2.27. The van der Waals surface area contributed by atoms with Gasteiger partial charge >= 0.3 is 0 Å². The second kappa shape index (κ2) is 5.26. The maximum Gasteiger partial charge on any atom is 0.236 e. The lowest BCUT2D eigenvalue weighted by atomic mass is 9.77. The van der Waals surface area contributed by atoms with E-state index in [0.29, 0.717) is 0 Å². The van der Waals surface area contributed by atoms with Gasteiger partial charge in [-0.2, -0.15) is 0 Å². The van der Waals surface area contributed by atoms with Crippen molar-refractivity contribution in [3.05, 3.63) is 35.9 Å². The summed E-state index contributed by atoms with van der Waals surface area (Å²) in [7, 11) is 0. The Balaban J connectivity index is 2.49. The number of imide groups is 1. The minimum atomic E-state index is -0.790. The molecule has 114 valence electrons. The molecule has 1 aromatic rings. The molecule has 1 fully saturated rings. The summed E-state index contributed by atoms with van der Waals surface area (Å²) >= 11 is 0. The van der Waals surface area contributed by atoms with Gasteiger partial charge in [0.15, 0.2) is 0 Å². The van der Waals surface area contributed by atoms with E-state index in [1.54, 1.807) is 0 Å². The number of carbonyl (C=O) groups is 2. The average Bonchev–Trinajstić information content (AvgIpc) is 2.70. The van der Waals surface area contributed by atoms with Gasteiger partial charge in [-0.15, -0.1) is 0 Å². The van der Waals surface area contributed by atoms with Crippen molar-refractivity contribution in [3.63, 3.8) is 0 Å². The molecule has 0 aromatic heterocycles. The van der Waals surface area contributed by atoms with Crippen molar-refractivity contribution in [2.75, 3.05) is 6.54 Å². The highest BCUT2D eigenvalue weighted by molar-refractivity contribution is 6.06. The lowest BCUT2D eigenvalue weighted by molar-refractivity contribution is -0.148. The van der Waals surface area contributed by atoms with Crippen LogP contribution in [0.25, 0.3) is 0 Å². The van der Waals surface area contributed by atoms with E-state index < -0.39 is 11.0 Å². The molecular formula is C17H24N2O2. The van der Waals surface area contributed by atoms with Crippen LogP contribution in [-0.4, -0.2) is 23.3 Å². The second-order valence-electron chi connectivity index (χ2n) is 6.63. The Hall–Kier alpha value is -1.68. The smallest absolute Gasteiger partial charge is 0.236 e. The SMILES string of the molecule is CC(C)C1(C)CC(=O)N(C(C)(CN)c2ccccc2)C1=O. The molecule has 2 N–H and O–H groups in total. The quantitative estimate of drug-likeness (QED) is 0.865. The maximum atomic E-state index is 12.9. The molecule has 0 radical (unpaired) electrons. The van der Waals surface area contributed by atoms with E-state index in [1.807, 2.05) is 58.0 Å². The monoisotopic (exact) mass is 288 g/mol. The predicted molar refractivity (Wildman–Crippen MR) is 82.3 cm³/mol. The van der Waals surface area contributed by atoms with Crippen LogP contribution in [0, 0.1) is 11.3 Å². The Morgan fingerprint density at radius 1 is 1.29 bits per heavy atom. The number of hydrogen-bond donors (Lipinski definition) is 1. The first-order valence-electron chi connectivity index (χ1n) is 7.40. The number of amides is 2. The normalized spacial score (nSPS) is 25.5. The van der Waals surface area contributed by atoms with Gasteiger partial charge in [-0.05, 0) is 25.3 Å². The summed E-state index contributed by atoms with van der Waals surface area (Å²) in [4.78, 5) is 26.8. The molecule has 21 heavy (non-hydrogen) atoms. The number of rotatable bonds is 4. The molecular weight excluding hydrogens is 264 g/mol. The van der Waals surface area contributed by atoms with E-state index in [2.05, 4.69) is 0 Å². The molecule has 0 saturated carbocycles. The van der Waals surface area contributed by atoms with Gasteiger partial charge in [0.1, 0.15) is 0 Å². The molecule has 2 atom stereocenters. The summed E-state index contributed by atoms with van der Waals surface area (Å²) in [6.45, 7) is 7.92.